The Hall–Kier alpha value is -2.91. The standard InChI is InChI=1S/C26H43N7O5/c1-4-37-25(36)30-24(33-14-15-38-21(17-33)23(35)28-2)29-20(16-19-8-6-5-7-9-19)22(34)31-26(18-27)10-12-32(3)13-11-26/h19-21H,4-17H2,1-3H3,(H,28,35)(H,31,34)(H,29,30,36). The van der Waals surface area contributed by atoms with E-state index in [0.29, 0.717) is 44.8 Å². The third kappa shape index (κ3) is 8.30. The summed E-state index contributed by atoms with van der Waals surface area (Å²) in [7, 11) is 3.54. The second-order valence-corrected chi connectivity index (χ2v) is 10.5. The summed E-state index contributed by atoms with van der Waals surface area (Å²) in [5, 5.41) is 18.3. The number of alkyl carbamates (subject to hydrolysis) is 1. The lowest BCUT2D eigenvalue weighted by atomic mass is 9.84. The summed E-state index contributed by atoms with van der Waals surface area (Å²) < 4.78 is 10.7. The second kappa shape index (κ2) is 14.3. The maximum Gasteiger partial charge on any atom is 0.413 e. The molecule has 38 heavy (non-hydrogen) atoms. The molecule has 1 saturated carbocycles. The number of hydrogen-bond donors (Lipinski definition) is 3. The lowest BCUT2D eigenvalue weighted by Crippen LogP contribution is -2.57. The first-order valence-electron chi connectivity index (χ1n) is 13.8. The van der Waals surface area contributed by atoms with Crippen LogP contribution in [0.5, 0.6) is 0 Å². The van der Waals surface area contributed by atoms with Gasteiger partial charge >= 0.3 is 6.09 Å². The molecule has 3 fully saturated rings. The van der Waals surface area contributed by atoms with Crippen molar-refractivity contribution in [3.8, 4) is 6.07 Å². The fourth-order valence-corrected chi connectivity index (χ4v) is 5.30. The number of aliphatic imine (C=N–C) groups is 1. The number of nitrogens with zero attached hydrogens (tertiary/aromatic N) is 4. The molecule has 0 aromatic carbocycles. The van der Waals surface area contributed by atoms with Crippen molar-refractivity contribution in [3.05, 3.63) is 0 Å². The van der Waals surface area contributed by atoms with Crippen molar-refractivity contribution < 1.29 is 23.9 Å². The monoisotopic (exact) mass is 533 g/mol. The minimum Gasteiger partial charge on any atom is -0.450 e. The SMILES string of the molecule is CCOC(=O)NC(=NC(CC1CCCCC1)C(=O)NC1(C#N)CCN(C)CC1)N1CCOC(C(=O)NC)C1. The predicted molar refractivity (Wildman–Crippen MR) is 141 cm³/mol. The van der Waals surface area contributed by atoms with Crippen molar-refractivity contribution in [1.82, 2.24) is 25.8 Å². The Morgan fingerprint density at radius 2 is 1.89 bits per heavy atom. The Morgan fingerprint density at radius 3 is 2.53 bits per heavy atom. The molecule has 3 N–H and O–H groups in total. The van der Waals surface area contributed by atoms with Crippen molar-refractivity contribution in [2.45, 2.75) is 76.0 Å². The van der Waals surface area contributed by atoms with Gasteiger partial charge in [0.25, 0.3) is 5.91 Å². The molecule has 212 valence electrons. The van der Waals surface area contributed by atoms with E-state index in [1.54, 1.807) is 11.8 Å². The van der Waals surface area contributed by atoms with Gasteiger partial charge in [0.15, 0.2) is 6.10 Å². The first-order valence-corrected chi connectivity index (χ1v) is 13.8. The van der Waals surface area contributed by atoms with Crippen LogP contribution in [0.3, 0.4) is 0 Å². The molecule has 0 radical (unpaired) electrons. The van der Waals surface area contributed by atoms with Crippen LogP contribution in [0.4, 0.5) is 4.79 Å². The Balaban J connectivity index is 1.89. The van der Waals surface area contributed by atoms with Gasteiger partial charge in [0.2, 0.25) is 11.9 Å². The summed E-state index contributed by atoms with van der Waals surface area (Å²) in [4.78, 5) is 47.1. The number of piperidine rings is 1. The van der Waals surface area contributed by atoms with Gasteiger partial charge in [-0.3, -0.25) is 14.9 Å². The molecule has 12 nitrogen and oxygen atoms in total. The van der Waals surface area contributed by atoms with E-state index in [2.05, 4.69) is 26.9 Å². The van der Waals surface area contributed by atoms with Gasteiger partial charge in [-0.25, -0.2) is 9.79 Å². The molecule has 3 aliphatic rings. The molecular formula is C26H43N7O5. The third-order valence-electron chi connectivity index (χ3n) is 7.67. The molecule has 3 amide bonds. The number of carbonyl (C=O) groups is 3. The summed E-state index contributed by atoms with van der Waals surface area (Å²) in [6, 6.07) is 1.55. The van der Waals surface area contributed by atoms with Crippen LogP contribution >= 0.6 is 0 Å². The molecule has 3 rings (SSSR count). The minimum absolute atomic E-state index is 0.164. The number of amides is 3. The van der Waals surface area contributed by atoms with Gasteiger partial charge in [-0.2, -0.15) is 5.26 Å². The van der Waals surface area contributed by atoms with E-state index in [-0.39, 0.29) is 37.5 Å². The van der Waals surface area contributed by atoms with Crippen molar-refractivity contribution in [1.29, 1.82) is 5.26 Å². The zero-order valence-corrected chi connectivity index (χ0v) is 23.0. The highest BCUT2D eigenvalue weighted by atomic mass is 16.5. The van der Waals surface area contributed by atoms with Crippen LogP contribution in [0.1, 0.15) is 58.3 Å². The molecule has 2 aliphatic heterocycles. The molecule has 0 spiro atoms. The lowest BCUT2D eigenvalue weighted by Gasteiger charge is -2.37. The zero-order valence-electron chi connectivity index (χ0n) is 23.0. The Labute approximate surface area is 225 Å². The summed E-state index contributed by atoms with van der Waals surface area (Å²) in [6.45, 7) is 4.11. The normalized spacial score (nSPS) is 23.6. The number of morpholine rings is 1. The second-order valence-electron chi connectivity index (χ2n) is 10.5. The van der Waals surface area contributed by atoms with E-state index < -0.39 is 23.8 Å². The van der Waals surface area contributed by atoms with Gasteiger partial charge in [0.1, 0.15) is 11.6 Å². The van der Waals surface area contributed by atoms with Crippen LogP contribution in [0.25, 0.3) is 0 Å². The number of likely N-dealkylation sites (tertiary alicyclic amines) is 1. The number of nitriles is 1. The molecule has 2 heterocycles. The molecule has 2 saturated heterocycles. The van der Waals surface area contributed by atoms with Crippen molar-refractivity contribution in [2.24, 2.45) is 10.9 Å². The fraction of sp³-hybridized carbons (Fsp3) is 0.808. The van der Waals surface area contributed by atoms with Gasteiger partial charge in [-0.05, 0) is 39.2 Å². The number of hydrogen-bond acceptors (Lipinski definition) is 8. The van der Waals surface area contributed by atoms with E-state index in [1.165, 1.54) is 13.5 Å². The number of carbonyl (C=O) groups excluding carboxylic acids is 3. The smallest absolute Gasteiger partial charge is 0.413 e. The van der Waals surface area contributed by atoms with E-state index in [9.17, 15) is 19.6 Å². The number of ether oxygens (including phenoxy) is 2. The Kier molecular flexibility index (Phi) is 11.2. The zero-order chi connectivity index (χ0) is 27.5. The quantitative estimate of drug-likeness (QED) is 0.324. The summed E-state index contributed by atoms with van der Waals surface area (Å²) >= 11 is 0. The highest BCUT2D eigenvalue weighted by Gasteiger charge is 2.38. The van der Waals surface area contributed by atoms with Gasteiger partial charge in [0.05, 0.1) is 25.8 Å². The van der Waals surface area contributed by atoms with Crippen LogP contribution in [0, 0.1) is 17.2 Å². The van der Waals surface area contributed by atoms with Crippen molar-refractivity contribution in [3.63, 3.8) is 0 Å². The van der Waals surface area contributed by atoms with Crippen LogP contribution in [-0.2, 0) is 19.1 Å². The maximum atomic E-state index is 13.7. The van der Waals surface area contributed by atoms with E-state index in [1.807, 2.05) is 7.05 Å². The molecule has 0 aromatic heterocycles. The van der Waals surface area contributed by atoms with Crippen molar-refractivity contribution >= 4 is 23.9 Å². The van der Waals surface area contributed by atoms with Crippen LogP contribution in [0.2, 0.25) is 0 Å². The summed E-state index contributed by atoms with van der Waals surface area (Å²) in [5.74, 6) is -0.0993. The third-order valence-corrected chi connectivity index (χ3v) is 7.67. The highest BCUT2D eigenvalue weighted by Crippen LogP contribution is 2.29. The van der Waals surface area contributed by atoms with Gasteiger partial charge in [0, 0.05) is 26.7 Å². The van der Waals surface area contributed by atoms with Crippen LogP contribution in [-0.4, -0.2) is 105 Å². The van der Waals surface area contributed by atoms with Gasteiger partial charge in [-0.1, -0.05) is 32.1 Å². The first kappa shape index (κ1) is 29.6. The molecule has 12 heteroatoms. The number of nitrogens with one attached hydrogen (secondary N) is 3. The highest BCUT2D eigenvalue weighted by molar-refractivity contribution is 5.96. The topological polar surface area (TPSA) is 148 Å². The summed E-state index contributed by atoms with van der Waals surface area (Å²) in [6.07, 6.45) is 5.62. The molecule has 0 bridgehead atoms. The van der Waals surface area contributed by atoms with E-state index >= 15 is 0 Å². The fourth-order valence-electron chi connectivity index (χ4n) is 5.30. The number of likely N-dealkylation sites (N-methyl/N-ethyl adjacent to an activating group) is 1. The van der Waals surface area contributed by atoms with Crippen molar-refractivity contribution in [2.75, 3.05) is 53.5 Å². The van der Waals surface area contributed by atoms with Gasteiger partial charge in [-0.15, -0.1) is 0 Å². The van der Waals surface area contributed by atoms with Gasteiger partial charge < -0.3 is 29.9 Å². The molecule has 2 unspecified atom stereocenters. The van der Waals surface area contributed by atoms with E-state index in [0.717, 1.165) is 25.7 Å². The van der Waals surface area contributed by atoms with E-state index in [4.69, 9.17) is 14.5 Å². The summed E-state index contributed by atoms with van der Waals surface area (Å²) in [5.41, 5.74) is -0.943. The van der Waals surface area contributed by atoms with Crippen LogP contribution in [0.15, 0.2) is 4.99 Å². The number of guanidine groups is 1. The molecule has 2 atom stereocenters. The van der Waals surface area contributed by atoms with Crippen LogP contribution < -0.4 is 16.0 Å². The number of rotatable bonds is 7. The molecule has 0 aromatic rings. The minimum atomic E-state index is -0.943. The Morgan fingerprint density at radius 1 is 1.18 bits per heavy atom. The first-order chi connectivity index (χ1) is 18.3. The predicted octanol–water partition coefficient (Wildman–Crippen LogP) is 0.978. The lowest BCUT2D eigenvalue weighted by molar-refractivity contribution is -0.136. The average Bonchev–Trinajstić information content (AvgIpc) is 2.94. The maximum absolute atomic E-state index is 13.7. The average molecular weight is 534 g/mol. The Bertz CT molecular complexity index is 891. The molecule has 1 aliphatic carbocycles. The molecular weight excluding hydrogens is 490 g/mol. The largest absolute Gasteiger partial charge is 0.450 e.